The van der Waals surface area contributed by atoms with Crippen LogP contribution in [0, 0.1) is 5.82 Å². The van der Waals surface area contributed by atoms with Gasteiger partial charge in [-0.2, -0.15) is 0 Å². The van der Waals surface area contributed by atoms with Crippen LogP contribution in [-0.2, 0) is 9.53 Å². The minimum absolute atomic E-state index is 0.159. The van der Waals surface area contributed by atoms with Gasteiger partial charge in [0.25, 0.3) is 0 Å². The smallest absolute Gasteiger partial charge is 0.340 e. The quantitative estimate of drug-likeness (QED) is 0.574. The number of esters is 1. The van der Waals surface area contributed by atoms with E-state index in [1.807, 2.05) is 0 Å². The number of hydrogen-bond donors (Lipinski definition) is 0. The van der Waals surface area contributed by atoms with Gasteiger partial charge >= 0.3 is 5.97 Å². The minimum atomic E-state index is -0.752. The Morgan fingerprint density at radius 2 is 2.11 bits per heavy atom. The molecule has 0 atom stereocenters. The lowest BCUT2D eigenvalue weighted by atomic mass is 9.97. The molecule has 4 nitrogen and oxygen atoms in total. The highest BCUT2D eigenvalue weighted by atomic mass is 19.1. The summed E-state index contributed by atoms with van der Waals surface area (Å²) in [5, 5.41) is 0. The number of carbonyl (C=O) groups excluding carboxylic acids is 2. The van der Waals surface area contributed by atoms with Gasteiger partial charge in [0.1, 0.15) is 11.8 Å². The molecule has 98 valence electrons. The predicted molar refractivity (Wildman–Crippen MR) is 69.0 cm³/mol. The summed E-state index contributed by atoms with van der Waals surface area (Å²) >= 11 is 0. The van der Waals surface area contributed by atoms with Crippen LogP contribution in [0.15, 0.2) is 23.9 Å². The molecule has 1 aromatic rings. The van der Waals surface area contributed by atoms with Crippen molar-refractivity contribution in [3.63, 3.8) is 0 Å². The van der Waals surface area contributed by atoms with Crippen molar-refractivity contribution in [2.45, 2.75) is 6.92 Å². The summed E-state index contributed by atoms with van der Waals surface area (Å²) in [5.41, 5.74) is 1.88. The number of carbonyl (C=O) groups is 1. The molecule has 0 amide bonds. The lowest BCUT2D eigenvalue weighted by molar-refractivity contribution is 0.0595. The summed E-state index contributed by atoms with van der Waals surface area (Å²) in [6.45, 7) is 1.81. The first kappa shape index (κ1) is 13.1. The number of benzene rings is 1. The van der Waals surface area contributed by atoms with Gasteiger partial charge in [0, 0.05) is 18.3 Å². The summed E-state index contributed by atoms with van der Waals surface area (Å²) in [6.07, 6.45) is 1.62. The predicted octanol–water partition coefficient (Wildman–Crippen LogP) is 2.18. The number of allylic oxidation sites excluding steroid dienone is 3. The van der Waals surface area contributed by atoms with Crippen LogP contribution in [0.1, 0.15) is 22.8 Å². The number of nitrogens with zero attached hydrogens (tertiary/aromatic N) is 1. The Morgan fingerprint density at radius 3 is 2.68 bits per heavy atom. The van der Waals surface area contributed by atoms with Gasteiger partial charge in [0.15, 0.2) is 0 Å². The maximum Gasteiger partial charge on any atom is 0.340 e. The van der Waals surface area contributed by atoms with Crippen molar-refractivity contribution in [1.82, 2.24) is 0 Å². The number of fused-ring (bicyclic) bond motifs is 1. The van der Waals surface area contributed by atoms with E-state index in [9.17, 15) is 14.0 Å². The number of halogens is 1. The largest absolute Gasteiger partial charge is 0.465 e. The number of anilines is 1. The number of rotatable bonds is 1. The lowest BCUT2D eigenvalue weighted by Gasteiger charge is -2.27. The maximum absolute atomic E-state index is 13.9. The molecule has 1 heterocycles. The fourth-order valence-corrected chi connectivity index (χ4v) is 1.98. The molecule has 0 N–H and O–H groups in total. The van der Waals surface area contributed by atoms with E-state index < -0.39 is 11.8 Å². The molecule has 1 aliphatic rings. The summed E-state index contributed by atoms with van der Waals surface area (Å²) in [4.78, 5) is 24.2. The Morgan fingerprint density at radius 1 is 1.42 bits per heavy atom. The third-order valence-electron chi connectivity index (χ3n) is 3.13. The van der Waals surface area contributed by atoms with Crippen molar-refractivity contribution in [2.75, 3.05) is 19.1 Å². The molecule has 0 aliphatic carbocycles. The van der Waals surface area contributed by atoms with Gasteiger partial charge in [0.2, 0.25) is 0 Å². The Hall–Kier alpha value is -2.39. The minimum Gasteiger partial charge on any atom is -0.465 e. The Kier molecular flexibility index (Phi) is 3.23. The maximum atomic E-state index is 13.9. The van der Waals surface area contributed by atoms with Gasteiger partial charge in [-0.15, -0.1) is 0 Å². The van der Waals surface area contributed by atoms with Crippen LogP contribution in [0.5, 0.6) is 0 Å². The molecule has 0 spiro atoms. The number of methoxy groups -OCH3 is 1. The molecule has 0 fully saturated rings. The molecular formula is C14H12FNO3. The summed E-state index contributed by atoms with van der Waals surface area (Å²) < 4.78 is 18.4. The van der Waals surface area contributed by atoms with Crippen LogP contribution in [-0.4, -0.2) is 26.1 Å². The van der Waals surface area contributed by atoms with Crippen LogP contribution in [0.25, 0.3) is 5.57 Å². The number of hydrogen-bond acceptors (Lipinski definition) is 4. The van der Waals surface area contributed by atoms with E-state index >= 15 is 0 Å². The highest BCUT2D eigenvalue weighted by Crippen LogP contribution is 2.35. The first-order valence-electron chi connectivity index (χ1n) is 5.59. The fourth-order valence-electron chi connectivity index (χ4n) is 1.98. The molecule has 0 bridgehead atoms. The van der Waals surface area contributed by atoms with Gasteiger partial charge < -0.3 is 9.64 Å². The monoisotopic (exact) mass is 261 g/mol. The van der Waals surface area contributed by atoms with Crippen molar-refractivity contribution < 1.29 is 18.7 Å². The SMILES string of the molecule is COC(=O)c1cc2c(cc1F)C(=C=O)C=C(C)N2C. The van der Waals surface area contributed by atoms with E-state index in [-0.39, 0.29) is 11.1 Å². The van der Waals surface area contributed by atoms with Gasteiger partial charge in [-0.25, -0.2) is 14.0 Å². The van der Waals surface area contributed by atoms with Crippen LogP contribution >= 0.6 is 0 Å². The van der Waals surface area contributed by atoms with E-state index in [1.165, 1.54) is 13.2 Å². The zero-order valence-corrected chi connectivity index (χ0v) is 10.8. The molecule has 19 heavy (non-hydrogen) atoms. The van der Waals surface area contributed by atoms with Gasteiger partial charge in [-0.1, -0.05) is 0 Å². The second-order valence-electron chi connectivity index (χ2n) is 4.20. The average molecular weight is 261 g/mol. The molecule has 0 saturated carbocycles. The normalized spacial score (nSPS) is 13.6. The molecule has 1 aliphatic heterocycles. The third kappa shape index (κ3) is 2.04. The van der Waals surface area contributed by atoms with Crippen LogP contribution in [0.2, 0.25) is 0 Å². The van der Waals surface area contributed by atoms with Crippen molar-refractivity contribution >= 4 is 23.2 Å². The zero-order chi connectivity index (χ0) is 14.2. The second kappa shape index (κ2) is 4.71. The highest BCUT2D eigenvalue weighted by Gasteiger charge is 2.23. The van der Waals surface area contributed by atoms with Crippen LogP contribution < -0.4 is 4.90 Å². The van der Waals surface area contributed by atoms with Crippen molar-refractivity contribution in [3.8, 4) is 0 Å². The molecule has 1 aromatic carbocycles. The molecular weight excluding hydrogens is 249 g/mol. The lowest BCUT2D eigenvalue weighted by Crippen LogP contribution is -2.21. The molecule has 0 aromatic heterocycles. The molecule has 0 radical (unpaired) electrons. The van der Waals surface area contributed by atoms with Crippen molar-refractivity contribution in [1.29, 1.82) is 0 Å². The Labute approximate surface area is 109 Å². The van der Waals surface area contributed by atoms with Crippen molar-refractivity contribution in [3.05, 3.63) is 40.8 Å². The Balaban J connectivity index is 2.70. The fraction of sp³-hybridized carbons (Fsp3) is 0.214. The summed E-state index contributed by atoms with van der Waals surface area (Å²) in [6, 6.07) is 2.53. The average Bonchev–Trinajstić information content (AvgIpc) is 2.41. The first-order valence-corrected chi connectivity index (χ1v) is 5.59. The summed E-state index contributed by atoms with van der Waals surface area (Å²) in [5.74, 6) is 0.307. The molecule has 0 saturated heterocycles. The summed E-state index contributed by atoms with van der Waals surface area (Å²) in [7, 11) is 2.96. The number of ether oxygens (including phenoxy) is 1. The Bertz CT molecular complexity index is 642. The van der Waals surface area contributed by atoms with Crippen molar-refractivity contribution in [2.24, 2.45) is 0 Å². The van der Waals surface area contributed by atoms with E-state index in [0.717, 1.165) is 11.8 Å². The second-order valence-corrected chi connectivity index (χ2v) is 4.20. The third-order valence-corrected chi connectivity index (χ3v) is 3.13. The van der Waals surface area contributed by atoms with Gasteiger partial charge in [0.05, 0.1) is 23.9 Å². The van der Waals surface area contributed by atoms with Crippen LogP contribution in [0.4, 0.5) is 10.1 Å². The molecule has 2 rings (SSSR count). The van der Waals surface area contributed by atoms with E-state index in [1.54, 1.807) is 30.9 Å². The van der Waals surface area contributed by atoms with E-state index in [2.05, 4.69) is 4.74 Å². The van der Waals surface area contributed by atoms with Gasteiger partial charge in [-0.05, 0) is 25.1 Å². The highest BCUT2D eigenvalue weighted by molar-refractivity contribution is 6.02. The zero-order valence-electron chi connectivity index (χ0n) is 10.8. The standard InChI is InChI=1S/C14H12FNO3/c1-8-4-9(7-17)10-5-12(15)11(14(18)19-3)6-13(10)16(8)2/h4-6H,1-3H3. The van der Waals surface area contributed by atoms with E-state index in [4.69, 9.17) is 0 Å². The van der Waals surface area contributed by atoms with Crippen LogP contribution in [0.3, 0.4) is 0 Å². The van der Waals surface area contributed by atoms with Gasteiger partial charge in [-0.3, -0.25) is 0 Å². The first-order chi connectivity index (χ1) is 8.99. The topological polar surface area (TPSA) is 46.6 Å². The molecule has 0 unspecified atom stereocenters. The van der Waals surface area contributed by atoms with E-state index in [0.29, 0.717) is 11.3 Å². The molecule has 5 heteroatoms.